The number of aryl methyl sites for hydroxylation is 1. The molecule has 0 spiro atoms. The molecule has 0 bridgehead atoms. The van der Waals surface area contributed by atoms with Crippen LogP contribution in [0.25, 0.3) is 0 Å². The first kappa shape index (κ1) is 38.7. The van der Waals surface area contributed by atoms with Crippen molar-refractivity contribution in [1.29, 1.82) is 0 Å². The van der Waals surface area contributed by atoms with Gasteiger partial charge in [-0.25, -0.2) is 22.7 Å². The Labute approximate surface area is 286 Å². The summed E-state index contributed by atoms with van der Waals surface area (Å²) in [4.78, 5) is 45.7. The number of carboxylic acids is 1. The molecule has 50 heavy (non-hydrogen) atoms. The number of ether oxygens (including phenoxy) is 3. The minimum atomic E-state index is -4.52. The van der Waals surface area contributed by atoms with Crippen molar-refractivity contribution in [2.75, 3.05) is 25.7 Å². The Kier molecular flexibility index (Phi) is 12.5. The van der Waals surface area contributed by atoms with Gasteiger partial charge in [0.05, 0.1) is 34.8 Å². The first-order valence-electron chi connectivity index (χ1n) is 13.7. The lowest BCUT2D eigenvalue weighted by molar-refractivity contribution is -0.385. The van der Waals surface area contributed by atoms with E-state index in [9.17, 15) is 41.3 Å². The number of urea groups is 1. The van der Waals surface area contributed by atoms with Gasteiger partial charge in [0.25, 0.3) is 10.0 Å². The number of aromatic nitrogens is 3. The molecular formula is C29H26ClF3N6O10S. The van der Waals surface area contributed by atoms with Crippen LogP contribution < -0.4 is 23.8 Å². The van der Waals surface area contributed by atoms with Gasteiger partial charge in [-0.15, -0.1) is 0 Å². The summed E-state index contributed by atoms with van der Waals surface area (Å²) in [5.41, 5.74) is -1.62. The standard InChI is InChI=1S/C15H11ClF3NO4.C14H15N5O6S/c1-2-23-14-8-10(4-5-12(14)20(21)22)24-13-6-3-9(7-11(13)16)15(17,18)19;1-8-15-12(17-13(16-8)25-3)19(2)14(22)18-26(23,24)10-7-5-4-6-9(10)11(20)21/h3-8H,2H2,1H3;4-7H,1-3H3,(H,18,22)(H,20,21). The molecule has 0 aliphatic heterocycles. The first-order valence-corrected chi connectivity index (χ1v) is 15.6. The Hall–Kier alpha value is -5.76. The van der Waals surface area contributed by atoms with E-state index in [4.69, 9.17) is 30.9 Å². The number of halogens is 4. The van der Waals surface area contributed by atoms with Crippen LogP contribution in [0.2, 0.25) is 5.02 Å². The van der Waals surface area contributed by atoms with Crippen molar-refractivity contribution in [3.8, 4) is 23.3 Å². The number of carbonyl (C=O) groups is 2. The van der Waals surface area contributed by atoms with Gasteiger partial charge in [0, 0.05) is 19.2 Å². The van der Waals surface area contributed by atoms with Crippen molar-refractivity contribution in [2.24, 2.45) is 0 Å². The zero-order chi connectivity index (χ0) is 37.4. The van der Waals surface area contributed by atoms with Crippen molar-refractivity contribution in [1.82, 2.24) is 19.7 Å². The molecule has 0 fully saturated rings. The van der Waals surface area contributed by atoms with Crippen LogP contribution in [0.5, 0.6) is 23.3 Å². The summed E-state index contributed by atoms with van der Waals surface area (Å²) in [7, 11) is -1.87. The molecule has 0 aliphatic carbocycles. The number of nitrogens with zero attached hydrogens (tertiary/aromatic N) is 5. The van der Waals surface area contributed by atoms with E-state index < -0.39 is 49.1 Å². The molecule has 16 nitrogen and oxygen atoms in total. The molecule has 0 unspecified atom stereocenters. The molecule has 4 rings (SSSR count). The van der Waals surface area contributed by atoms with Gasteiger partial charge in [-0.3, -0.25) is 15.0 Å². The molecule has 266 valence electrons. The second-order valence-electron chi connectivity index (χ2n) is 9.50. The largest absolute Gasteiger partial charge is 0.487 e. The third-order valence-electron chi connectivity index (χ3n) is 6.05. The predicted molar refractivity (Wildman–Crippen MR) is 169 cm³/mol. The average molecular weight is 743 g/mol. The van der Waals surface area contributed by atoms with E-state index in [2.05, 4.69) is 15.0 Å². The molecule has 4 aromatic rings. The number of carbonyl (C=O) groups excluding carboxylic acids is 1. The number of anilines is 1. The Morgan fingerprint density at radius 2 is 1.74 bits per heavy atom. The third kappa shape index (κ3) is 9.89. The fourth-order valence-corrected chi connectivity index (χ4v) is 5.16. The maximum atomic E-state index is 12.6. The highest BCUT2D eigenvalue weighted by molar-refractivity contribution is 7.90. The normalized spacial score (nSPS) is 11.0. The minimum absolute atomic E-state index is 0.0111. The number of nitrogens with one attached hydrogen (secondary N) is 1. The maximum absolute atomic E-state index is 12.6. The molecule has 3 aromatic carbocycles. The SMILES string of the molecule is CCOc1cc(Oc2ccc(C(F)(F)F)cc2Cl)ccc1[N+](=O)[O-].COc1nc(C)nc(N(C)C(=O)NS(=O)(=O)c2ccccc2C(=O)O)n1. The van der Waals surface area contributed by atoms with Crippen LogP contribution in [-0.4, -0.2) is 66.2 Å². The molecular weight excluding hydrogens is 717 g/mol. The van der Waals surface area contributed by atoms with Gasteiger partial charge in [-0.2, -0.15) is 28.1 Å². The topological polar surface area (TPSA) is 213 Å². The van der Waals surface area contributed by atoms with E-state index in [1.165, 1.54) is 44.5 Å². The summed E-state index contributed by atoms with van der Waals surface area (Å²) in [5.74, 6) is -1.21. The van der Waals surface area contributed by atoms with Gasteiger partial charge < -0.3 is 19.3 Å². The lowest BCUT2D eigenvalue weighted by Crippen LogP contribution is -2.42. The van der Waals surface area contributed by atoms with Crippen molar-refractivity contribution >= 4 is 45.3 Å². The molecule has 0 atom stereocenters. The Morgan fingerprint density at radius 1 is 1.06 bits per heavy atom. The number of alkyl halides is 3. The van der Waals surface area contributed by atoms with Crippen LogP contribution in [0.1, 0.15) is 28.7 Å². The number of hydrogen-bond donors (Lipinski definition) is 2. The number of methoxy groups -OCH3 is 1. The molecule has 21 heteroatoms. The predicted octanol–water partition coefficient (Wildman–Crippen LogP) is 5.88. The Balaban J connectivity index is 0.000000271. The van der Waals surface area contributed by atoms with Gasteiger partial charge in [-0.1, -0.05) is 23.7 Å². The number of nitro groups is 1. The number of aromatic carboxylic acids is 1. The highest BCUT2D eigenvalue weighted by Gasteiger charge is 2.31. The van der Waals surface area contributed by atoms with Crippen LogP contribution in [0.4, 0.5) is 29.6 Å². The summed E-state index contributed by atoms with van der Waals surface area (Å²) in [6.45, 7) is 3.40. The summed E-state index contributed by atoms with van der Waals surface area (Å²) in [6.07, 6.45) is -4.52. The number of sulfonamides is 1. The van der Waals surface area contributed by atoms with Crippen molar-refractivity contribution < 1.29 is 55.4 Å². The van der Waals surface area contributed by atoms with Crippen LogP contribution in [0.3, 0.4) is 0 Å². The zero-order valence-corrected chi connectivity index (χ0v) is 27.8. The molecule has 1 heterocycles. The van der Waals surface area contributed by atoms with Crippen molar-refractivity contribution in [3.05, 3.63) is 92.8 Å². The van der Waals surface area contributed by atoms with E-state index in [-0.39, 0.29) is 52.3 Å². The van der Waals surface area contributed by atoms with Gasteiger partial charge in [0.2, 0.25) is 11.7 Å². The summed E-state index contributed by atoms with van der Waals surface area (Å²) in [6, 6.07) is 10.2. The quantitative estimate of drug-likeness (QED) is 0.144. The average Bonchev–Trinajstić information content (AvgIpc) is 3.04. The number of amides is 2. The van der Waals surface area contributed by atoms with Crippen molar-refractivity contribution in [3.63, 3.8) is 0 Å². The molecule has 1 aromatic heterocycles. The summed E-state index contributed by atoms with van der Waals surface area (Å²) >= 11 is 5.80. The van der Waals surface area contributed by atoms with Gasteiger partial charge in [0.15, 0.2) is 0 Å². The van der Waals surface area contributed by atoms with Crippen LogP contribution in [0.15, 0.2) is 65.6 Å². The number of carboxylic acid groups (broad SMARTS) is 1. The fourth-order valence-electron chi connectivity index (χ4n) is 3.76. The number of benzene rings is 3. The van der Waals surface area contributed by atoms with E-state index in [0.717, 1.165) is 35.2 Å². The minimum Gasteiger partial charge on any atom is -0.487 e. The third-order valence-corrected chi connectivity index (χ3v) is 7.72. The first-order chi connectivity index (χ1) is 23.4. The van der Waals surface area contributed by atoms with Crippen LogP contribution in [0, 0.1) is 17.0 Å². The van der Waals surface area contributed by atoms with Crippen LogP contribution >= 0.6 is 11.6 Å². The molecule has 0 radical (unpaired) electrons. The lowest BCUT2D eigenvalue weighted by atomic mass is 10.2. The number of hydrogen-bond acceptors (Lipinski definition) is 12. The number of nitro benzene ring substituents is 1. The molecule has 0 saturated carbocycles. The molecule has 2 N–H and O–H groups in total. The van der Waals surface area contributed by atoms with Gasteiger partial charge >= 0.3 is 29.9 Å². The van der Waals surface area contributed by atoms with Gasteiger partial charge in [-0.05, 0) is 50.2 Å². The molecule has 0 saturated heterocycles. The lowest BCUT2D eigenvalue weighted by Gasteiger charge is -2.17. The van der Waals surface area contributed by atoms with Crippen LogP contribution in [-0.2, 0) is 16.2 Å². The summed E-state index contributed by atoms with van der Waals surface area (Å²) < 4.78 is 79.8. The van der Waals surface area contributed by atoms with E-state index in [1.807, 2.05) is 0 Å². The molecule has 0 aliphatic rings. The fraction of sp³-hybridized carbons (Fsp3) is 0.207. The van der Waals surface area contributed by atoms with E-state index in [1.54, 1.807) is 18.6 Å². The van der Waals surface area contributed by atoms with E-state index in [0.29, 0.717) is 0 Å². The highest BCUT2D eigenvalue weighted by Crippen LogP contribution is 2.38. The second-order valence-corrected chi connectivity index (χ2v) is 11.6. The Bertz CT molecular complexity index is 2020. The van der Waals surface area contributed by atoms with E-state index >= 15 is 0 Å². The second kappa shape index (κ2) is 16.1. The van der Waals surface area contributed by atoms with Crippen molar-refractivity contribution in [2.45, 2.75) is 24.9 Å². The maximum Gasteiger partial charge on any atom is 0.416 e. The van der Waals surface area contributed by atoms with Gasteiger partial charge in [0.1, 0.15) is 22.2 Å². The molecule has 2 amide bonds. The smallest absolute Gasteiger partial charge is 0.416 e. The zero-order valence-electron chi connectivity index (χ0n) is 26.3. The Morgan fingerprint density at radius 3 is 2.32 bits per heavy atom. The monoisotopic (exact) mass is 742 g/mol. The summed E-state index contributed by atoms with van der Waals surface area (Å²) in [5, 5.41) is 19.8. The highest BCUT2D eigenvalue weighted by atomic mass is 35.5. The number of rotatable bonds is 10.